The standard InChI is InChI=1S/C19H30N4O2.HI/c1-14(18(24)25-4)11-21-19(20-3)22-17-10-15(2)23(13-17)12-16-8-6-5-7-9-16;/h5-9,14-15,17H,10-13H2,1-4H3,(H2,20,21,22);1H. The maximum Gasteiger partial charge on any atom is 0.310 e. The van der Waals surface area contributed by atoms with Crippen molar-refractivity contribution in [1.29, 1.82) is 0 Å². The van der Waals surface area contributed by atoms with Crippen molar-refractivity contribution in [2.75, 3.05) is 27.2 Å². The number of likely N-dealkylation sites (tertiary alicyclic amines) is 1. The molecule has 146 valence electrons. The van der Waals surface area contributed by atoms with Crippen LogP contribution in [0.25, 0.3) is 0 Å². The third-order valence-corrected chi connectivity index (χ3v) is 4.68. The summed E-state index contributed by atoms with van der Waals surface area (Å²) in [5.74, 6) is 0.307. The van der Waals surface area contributed by atoms with Gasteiger partial charge in [0.25, 0.3) is 0 Å². The highest BCUT2D eigenvalue weighted by atomic mass is 127. The van der Waals surface area contributed by atoms with E-state index in [2.05, 4.69) is 51.7 Å². The fraction of sp³-hybridized carbons (Fsp3) is 0.579. The SMILES string of the molecule is CN=C(NCC(C)C(=O)OC)NC1CC(C)N(Cc2ccccc2)C1.I. The van der Waals surface area contributed by atoms with Crippen LogP contribution in [-0.2, 0) is 16.1 Å². The van der Waals surface area contributed by atoms with E-state index in [1.54, 1.807) is 7.05 Å². The number of benzene rings is 1. The summed E-state index contributed by atoms with van der Waals surface area (Å²) in [7, 11) is 3.16. The number of carbonyl (C=O) groups is 1. The summed E-state index contributed by atoms with van der Waals surface area (Å²) in [6, 6.07) is 11.4. The van der Waals surface area contributed by atoms with Gasteiger partial charge in [-0.1, -0.05) is 37.3 Å². The van der Waals surface area contributed by atoms with Gasteiger partial charge < -0.3 is 15.4 Å². The van der Waals surface area contributed by atoms with Crippen molar-refractivity contribution in [2.24, 2.45) is 10.9 Å². The van der Waals surface area contributed by atoms with Gasteiger partial charge in [-0.2, -0.15) is 0 Å². The number of hydrogen-bond donors (Lipinski definition) is 2. The van der Waals surface area contributed by atoms with Crippen LogP contribution in [0.3, 0.4) is 0 Å². The lowest BCUT2D eigenvalue weighted by Crippen LogP contribution is -2.46. The number of esters is 1. The monoisotopic (exact) mass is 474 g/mol. The highest BCUT2D eigenvalue weighted by Gasteiger charge is 2.29. The van der Waals surface area contributed by atoms with Gasteiger partial charge in [-0.05, 0) is 18.9 Å². The quantitative estimate of drug-likeness (QED) is 0.287. The summed E-state index contributed by atoms with van der Waals surface area (Å²) < 4.78 is 4.75. The van der Waals surface area contributed by atoms with Crippen LogP contribution in [0.4, 0.5) is 0 Å². The molecule has 0 aliphatic carbocycles. The molecule has 7 heteroatoms. The number of hydrogen-bond acceptors (Lipinski definition) is 4. The Bertz CT molecular complexity index is 582. The van der Waals surface area contributed by atoms with E-state index >= 15 is 0 Å². The molecule has 0 spiro atoms. The highest BCUT2D eigenvalue weighted by Crippen LogP contribution is 2.20. The van der Waals surface area contributed by atoms with Crippen molar-refractivity contribution >= 4 is 35.9 Å². The van der Waals surface area contributed by atoms with E-state index in [1.165, 1.54) is 12.7 Å². The predicted molar refractivity (Wildman–Crippen MR) is 116 cm³/mol. The summed E-state index contributed by atoms with van der Waals surface area (Å²) in [6.07, 6.45) is 1.07. The molecule has 2 N–H and O–H groups in total. The maximum atomic E-state index is 11.5. The third-order valence-electron chi connectivity index (χ3n) is 4.68. The minimum absolute atomic E-state index is 0. The number of guanidine groups is 1. The van der Waals surface area contributed by atoms with Crippen molar-refractivity contribution < 1.29 is 9.53 Å². The van der Waals surface area contributed by atoms with E-state index in [1.807, 2.05) is 13.0 Å². The smallest absolute Gasteiger partial charge is 0.310 e. The minimum atomic E-state index is -0.216. The fourth-order valence-corrected chi connectivity index (χ4v) is 3.16. The normalized spacial score (nSPS) is 21.6. The summed E-state index contributed by atoms with van der Waals surface area (Å²) in [6.45, 7) is 6.54. The Morgan fingerprint density at radius 3 is 2.69 bits per heavy atom. The molecule has 1 heterocycles. The highest BCUT2D eigenvalue weighted by molar-refractivity contribution is 14.0. The largest absolute Gasteiger partial charge is 0.469 e. The van der Waals surface area contributed by atoms with Crippen molar-refractivity contribution in [1.82, 2.24) is 15.5 Å². The van der Waals surface area contributed by atoms with Crippen LogP contribution in [0, 0.1) is 5.92 Å². The molecule has 1 aromatic carbocycles. The van der Waals surface area contributed by atoms with Gasteiger partial charge in [-0.3, -0.25) is 14.7 Å². The first kappa shape index (κ1) is 22.7. The molecule has 1 fully saturated rings. The fourth-order valence-electron chi connectivity index (χ4n) is 3.16. The molecule has 6 nitrogen and oxygen atoms in total. The second-order valence-corrected chi connectivity index (χ2v) is 6.72. The number of nitrogens with one attached hydrogen (secondary N) is 2. The van der Waals surface area contributed by atoms with Crippen LogP contribution in [0.5, 0.6) is 0 Å². The third kappa shape index (κ3) is 6.75. The average molecular weight is 474 g/mol. The Labute approximate surface area is 173 Å². The Morgan fingerprint density at radius 2 is 2.08 bits per heavy atom. The molecule has 0 amide bonds. The van der Waals surface area contributed by atoms with Gasteiger partial charge in [0, 0.05) is 38.8 Å². The zero-order valence-electron chi connectivity index (χ0n) is 16.1. The van der Waals surface area contributed by atoms with Crippen molar-refractivity contribution in [2.45, 2.75) is 38.9 Å². The minimum Gasteiger partial charge on any atom is -0.469 e. The molecule has 1 aromatic rings. The molecule has 26 heavy (non-hydrogen) atoms. The molecule has 0 saturated carbocycles. The van der Waals surface area contributed by atoms with Crippen molar-refractivity contribution in [3.63, 3.8) is 0 Å². The average Bonchev–Trinajstić information content (AvgIpc) is 2.97. The van der Waals surface area contributed by atoms with Gasteiger partial charge >= 0.3 is 5.97 Å². The molecular formula is C19H31IN4O2. The molecule has 3 unspecified atom stereocenters. The van der Waals surface area contributed by atoms with E-state index in [0.717, 1.165) is 25.5 Å². The number of aliphatic imine (C=N–C) groups is 1. The van der Waals surface area contributed by atoms with Crippen molar-refractivity contribution in [3.05, 3.63) is 35.9 Å². The first-order chi connectivity index (χ1) is 12.0. The second kappa shape index (κ2) is 11.4. The summed E-state index contributed by atoms with van der Waals surface area (Å²) in [5.41, 5.74) is 1.34. The van der Waals surface area contributed by atoms with Crippen LogP contribution >= 0.6 is 24.0 Å². The zero-order chi connectivity index (χ0) is 18.2. The van der Waals surface area contributed by atoms with Crippen LogP contribution in [0.1, 0.15) is 25.8 Å². The van der Waals surface area contributed by atoms with E-state index in [9.17, 15) is 4.79 Å². The van der Waals surface area contributed by atoms with Gasteiger partial charge in [0.1, 0.15) is 0 Å². The molecular weight excluding hydrogens is 443 g/mol. The molecule has 0 radical (unpaired) electrons. The zero-order valence-corrected chi connectivity index (χ0v) is 18.4. The molecule has 0 bridgehead atoms. The maximum absolute atomic E-state index is 11.5. The number of carbonyl (C=O) groups excluding carboxylic acids is 1. The summed E-state index contributed by atoms with van der Waals surface area (Å²) in [5, 5.41) is 6.68. The van der Waals surface area contributed by atoms with Crippen molar-refractivity contribution in [3.8, 4) is 0 Å². The van der Waals surface area contributed by atoms with Crippen LogP contribution in [-0.4, -0.2) is 56.2 Å². The molecule has 2 rings (SSSR count). The van der Waals surface area contributed by atoms with E-state index < -0.39 is 0 Å². The second-order valence-electron chi connectivity index (χ2n) is 6.72. The lowest BCUT2D eigenvalue weighted by molar-refractivity contribution is -0.144. The number of rotatable bonds is 6. The van der Waals surface area contributed by atoms with E-state index in [-0.39, 0.29) is 35.9 Å². The molecule has 1 saturated heterocycles. The first-order valence-electron chi connectivity index (χ1n) is 8.86. The topological polar surface area (TPSA) is 66.0 Å². The number of methoxy groups -OCH3 is 1. The Balaban J connectivity index is 0.00000338. The Hall–Kier alpha value is -1.35. The van der Waals surface area contributed by atoms with E-state index in [0.29, 0.717) is 18.6 Å². The van der Waals surface area contributed by atoms with Crippen LogP contribution in [0.15, 0.2) is 35.3 Å². The molecule has 1 aliphatic rings. The van der Waals surface area contributed by atoms with Crippen LogP contribution < -0.4 is 10.6 Å². The van der Waals surface area contributed by atoms with Gasteiger partial charge in [0.05, 0.1) is 13.0 Å². The first-order valence-corrected chi connectivity index (χ1v) is 8.86. The number of nitrogens with zero attached hydrogens (tertiary/aromatic N) is 2. The van der Waals surface area contributed by atoms with Gasteiger partial charge in [-0.25, -0.2) is 0 Å². The molecule has 3 atom stereocenters. The summed E-state index contributed by atoms with van der Waals surface area (Å²) >= 11 is 0. The predicted octanol–water partition coefficient (Wildman–Crippen LogP) is 2.24. The molecule has 1 aliphatic heterocycles. The number of ether oxygens (including phenoxy) is 1. The molecule has 0 aromatic heterocycles. The van der Waals surface area contributed by atoms with Gasteiger partial charge in [0.2, 0.25) is 0 Å². The van der Waals surface area contributed by atoms with E-state index in [4.69, 9.17) is 4.74 Å². The van der Waals surface area contributed by atoms with Gasteiger partial charge in [0.15, 0.2) is 5.96 Å². The Morgan fingerprint density at radius 1 is 1.38 bits per heavy atom. The lowest BCUT2D eigenvalue weighted by Gasteiger charge is -2.21. The number of halogens is 1. The van der Waals surface area contributed by atoms with Gasteiger partial charge in [-0.15, -0.1) is 24.0 Å². The lowest BCUT2D eigenvalue weighted by atomic mass is 10.2. The van der Waals surface area contributed by atoms with Crippen LogP contribution in [0.2, 0.25) is 0 Å². The summed E-state index contributed by atoms with van der Waals surface area (Å²) in [4.78, 5) is 18.2. The Kier molecular flexibility index (Phi) is 9.93.